The average Bonchev–Trinajstić information content (AvgIpc) is 3.38. The van der Waals surface area contributed by atoms with E-state index in [0.29, 0.717) is 44.7 Å². The maximum absolute atomic E-state index is 12.8. The summed E-state index contributed by atoms with van der Waals surface area (Å²) in [6.45, 7) is 4.68. The lowest BCUT2D eigenvalue weighted by Gasteiger charge is -2.27. The minimum absolute atomic E-state index is 0.00486. The zero-order valence-electron chi connectivity index (χ0n) is 16.1. The second-order valence-corrected chi connectivity index (χ2v) is 8.07. The Labute approximate surface area is 164 Å². The zero-order chi connectivity index (χ0) is 19.7. The third-order valence-corrected chi connectivity index (χ3v) is 6.05. The zero-order valence-corrected chi connectivity index (χ0v) is 16.1. The summed E-state index contributed by atoms with van der Waals surface area (Å²) in [5, 5.41) is 14.3. The Morgan fingerprint density at radius 3 is 2.54 bits per heavy atom. The number of rotatable bonds is 5. The SMILES string of the molecule is Cc1cnn(CCC(=O)N2C[C@H]3CN(C(=O)c4ccccc4)C[C@@]3(CO)C2)c1. The van der Waals surface area contributed by atoms with Gasteiger partial charge in [-0.15, -0.1) is 0 Å². The average molecular weight is 382 g/mol. The molecule has 148 valence electrons. The Hall–Kier alpha value is -2.67. The summed E-state index contributed by atoms with van der Waals surface area (Å²) in [5.41, 5.74) is 1.33. The Balaban J connectivity index is 1.38. The van der Waals surface area contributed by atoms with Crippen LogP contribution >= 0.6 is 0 Å². The predicted molar refractivity (Wildman–Crippen MR) is 104 cm³/mol. The fraction of sp³-hybridized carbons (Fsp3) is 0.476. The van der Waals surface area contributed by atoms with Gasteiger partial charge in [-0.2, -0.15) is 5.10 Å². The molecule has 0 spiro atoms. The van der Waals surface area contributed by atoms with Crippen molar-refractivity contribution in [3.8, 4) is 0 Å². The number of carbonyl (C=O) groups excluding carboxylic acids is 2. The molecular weight excluding hydrogens is 356 g/mol. The number of benzene rings is 1. The molecule has 2 atom stereocenters. The van der Waals surface area contributed by atoms with E-state index in [1.807, 2.05) is 53.3 Å². The van der Waals surface area contributed by atoms with Crippen LogP contribution in [0.15, 0.2) is 42.7 Å². The number of aromatic nitrogens is 2. The first-order valence-electron chi connectivity index (χ1n) is 9.73. The quantitative estimate of drug-likeness (QED) is 0.842. The molecule has 2 aromatic rings. The minimum atomic E-state index is -0.414. The van der Waals surface area contributed by atoms with Gasteiger partial charge in [-0.05, 0) is 24.6 Å². The predicted octanol–water partition coefficient (Wildman–Crippen LogP) is 1.17. The van der Waals surface area contributed by atoms with Crippen LogP contribution in [0.2, 0.25) is 0 Å². The van der Waals surface area contributed by atoms with Crippen molar-refractivity contribution in [1.29, 1.82) is 0 Å². The van der Waals surface area contributed by atoms with Gasteiger partial charge in [-0.3, -0.25) is 14.3 Å². The van der Waals surface area contributed by atoms with Gasteiger partial charge < -0.3 is 14.9 Å². The third-order valence-electron chi connectivity index (χ3n) is 6.05. The van der Waals surface area contributed by atoms with Crippen LogP contribution in [0.4, 0.5) is 0 Å². The van der Waals surface area contributed by atoms with Crippen molar-refractivity contribution in [2.75, 3.05) is 32.8 Å². The number of hydrogen-bond donors (Lipinski definition) is 1. The lowest BCUT2D eigenvalue weighted by Crippen LogP contribution is -2.40. The monoisotopic (exact) mass is 382 g/mol. The minimum Gasteiger partial charge on any atom is -0.396 e. The van der Waals surface area contributed by atoms with Crippen LogP contribution in [0.1, 0.15) is 22.3 Å². The van der Waals surface area contributed by atoms with E-state index in [9.17, 15) is 14.7 Å². The van der Waals surface area contributed by atoms with Gasteiger partial charge in [0.25, 0.3) is 5.91 Å². The Bertz CT molecular complexity index is 866. The van der Waals surface area contributed by atoms with Crippen molar-refractivity contribution in [3.05, 3.63) is 53.9 Å². The Morgan fingerprint density at radius 2 is 1.89 bits per heavy atom. The Morgan fingerprint density at radius 1 is 1.18 bits per heavy atom. The van der Waals surface area contributed by atoms with Gasteiger partial charge >= 0.3 is 0 Å². The summed E-state index contributed by atoms with van der Waals surface area (Å²) in [4.78, 5) is 29.1. The second kappa shape index (κ2) is 7.39. The first kappa shape index (κ1) is 18.7. The van der Waals surface area contributed by atoms with Gasteiger partial charge in [0.05, 0.1) is 12.8 Å². The van der Waals surface area contributed by atoms with Crippen LogP contribution < -0.4 is 0 Å². The topological polar surface area (TPSA) is 78.7 Å². The van der Waals surface area contributed by atoms with Crippen LogP contribution in [-0.2, 0) is 11.3 Å². The van der Waals surface area contributed by atoms with Crippen molar-refractivity contribution >= 4 is 11.8 Å². The third kappa shape index (κ3) is 3.42. The van der Waals surface area contributed by atoms with E-state index < -0.39 is 5.41 Å². The fourth-order valence-electron chi connectivity index (χ4n) is 4.47. The molecular formula is C21H26N4O3. The largest absolute Gasteiger partial charge is 0.396 e. The number of carbonyl (C=O) groups is 2. The molecule has 4 rings (SSSR count). The molecule has 0 aliphatic carbocycles. The van der Waals surface area contributed by atoms with Crippen molar-refractivity contribution < 1.29 is 14.7 Å². The van der Waals surface area contributed by atoms with Gasteiger partial charge in [0.1, 0.15) is 0 Å². The molecule has 2 aliphatic heterocycles. The van der Waals surface area contributed by atoms with E-state index in [1.165, 1.54) is 0 Å². The molecule has 0 bridgehead atoms. The molecule has 2 saturated heterocycles. The molecule has 1 aromatic heterocycles. The number of aliphatic hydroxyl groups excluding tert-OH is 1. The van der Waals surface area contributed by atoms with Crippen LogP contribution in [-0.4, -0.2) is 69.3 Å². The number of fused-ring (bicyclic) bond motifs is 1. The van der Waals surface area contributed by atoms with Crippen molar-refractivity contribution in [2.45, 2.75) is 19.9 Å². The molecule has 2 fully saturated rings. The molecule has 0 saturated carbocycles. The number of aryl methyl sites for hydroxylation is 2. The highest BCUT2D eigenvalue weighted by molar-refractivity contribution is 5.94. The highest BCUT2D eigenvalue weighted by atomic mass is 16.3. The first-order chi connectivity index (χ1) is 13.5. The van der Waals surface area contributed by atoms with Gasteiger partial charge in [0.15, 0.2) is 0 Å². The molecule has 2 aliphatic rings. The highest BCUT2D eigenvalue weighted by Gasteiger charge is 2.54. The number of nitrogens with zero attached hydrogens (tertiary/aromatic N) is 4. The maximum atomic E-state index is 12.8. The maximum Gasteiger partial charge on any atom is 0.253 e. The van der Waals surface area contributed by atoms with E-state index in [1.54, 1.807) is 10.9 Å². The molecule has 28 heavy (non-hydrogen) atoms. The number of amides is 2. The van der Waals surface area contributed by atoms with Gasteiger partial charge in [0.2, 0.25) is 5.91 Å². The summed E-state index contributed by atoms with van der Waals surface area (Å²) in [7, 11) is 0. The van der Waals surface area contributed by atoms with Crippen molar-refractivity contribution in [3.63, 3.8) is 0 Å². The lowest BCUT2D eigenvalue weighted by atomic mass is 9.82. The van der Waals surface area contributed by atoms with Gasteiger partial charge in [0, 0.05) is 62.2 Å². The highest BCUT2D eigenvalue weighted by Crippen LogP contribution is 2.42. The van der Waals surface area contributed by atoms with E-state index in [2.05, 4.69) is 5.10 Å². The number of hydrogen-bond acceptors (Lipinski definition) is 4. The van der Waals surface area contributed by atoms with E-state index in [0.717, 1.165) is 5.56 Å². The normalized spacial score (nSPS) is 23.9. The summed E-state index contributed by atoms with van der Waals surface area (Å²) < 4.78 is 1.78. The summed E-state index contributed by atoms with van der Waals surface area (Å²) in [6, 6.07) is 9.23. The summed E-state index contributed by atoms with van der Waals surface area (Å²) in [6.07, 6.45) is 4.10. The smallest absolute Gasteiger partial charge is 0.253 e. The molecule has 0 unspecified atom stereocenters. The molecule has 7 heteroatoms. The molecule has 7 nitrogen and oxygen atoms in total. The fourth-order valence-corrected chi connectivity index (χ4v) is 4.47. The standard InChI is InChI=1S/C21H26N4O3/c1-16-9-22-25(10-16)8-7-19(27)23-11-18-12-24(14-21(18,13-23)15-26)20(28)17-5-3-2-4-6-17/h2-6,9-10,18,26H,7-8,11-15H2,1H3/t18-,21+/m0/s1. The van der Waals surface area contributed by atoms with E-state index >= 15 is 0 Å². The molecule has 3 heterocycles. The molecule has 1 N–H and O–H groups in total. The lowest BCUT2D eigenvalue weighted by molar-refractivity contribution is -0.131. The molecule has 1 aromatic carbocycles. The number of aliphatic hydroxyl groups is 1. The first-order valence-corrected chi connectivity index (χ1v) is 9.73. The van der Waals surface area contributed by atoms with Gasteiger partial charge in [-0.1, -0.05) is 18.2 Å². The number of likely N-dealkylation sites (tertiary alicyclic amines) is 2. The molecule has 0 radical (unpaired) electrons. The van der Waals surface area contributed by atoms with Crippen molar-refractivity contribution in [1.82, 2.24) is 19.6 Å². The Kier molecular flexibility index (Phi) is 4.93. The van der Waals surface area contributed by atoms with Crippen LogP contribution in [0.5, 0.6) is 0 Å². The summed E-state index contributed by atoms with van der Waals surface area (Å²) >= 11 is 0. The molecule has 2 amide bonds. The van der Waals surface area contributed by atoms with Gasteiger partial charge in [-0.25, -0.2) is 0 Å². The van der Waals surface area contributed by atoms with Crippen LogP contribution in [0.25, 0.3) is 0 Å². The van der Waals surface area contributed by atoms with Crippen molar-refractivity contribution in [2.24, 2.45) is 11.3 Å². The van der Waals surface area contributed by atoms with E-state index in [-0.39, 0.29) is 24.3 Å². The van der Waals surface area contributed by atoms with Crippen LogP contribution in [0.3, 0.4) is 0 Å². The second-order valence-electron chi connectivity index (χ2n) is 8.07. The van der Waals surface area contributed by atoms with Crippen LogP contribution in [0, 0.1) is 18.3 Å². The summed E-state index contributed by atoms with van der Waals surface area (Å²) in [5.74, 6) is 0.187. The van der Waals surface area contributed by atoms with E-state index in [4.69, 9.17) is 0 Å².